The number of benzene rings is 2. The van der Waals surface area contributed by atoms with Crippen LogP contribution >= 0.6 is 0 Å². The average Bonchev–Trinajstić information content (AvgIpc) is 3.02. The first-order chi connectivity index (χ1) is 12.4. The maximum atomic E-state index is 12.4. The zero-order valence-corrected chi connectivity index (χ0v) is 14.9. The molecule has 2 N–H and O–H groups in total. The number of fused-ring (bicyclic) bond motifs is 1. The normalized spacial score (nSPS) is 15.1. The quantitative estimate of drug-likeness (QED) is 0.848. The molecule has 2 aromatic rings. The van der Waals surface area contributed by atoms with Crippen LogP contribution in [0.5, 0.6) is 5.75 Å². The minimum absolute atomic E-state index is 0.143. The predicted octanol–water partition coefficient (Wildman–Crippen LogP) is 4.00. The molecule has 0 saturated carbocycles. The van der Waals surface area contributed by atoms with Crippen molar-refractivity contribution < 1.29 is 19.4 Å². The summed E-state index contributed by atoms with van der Waals surface area (Å²) in [6.45, 7) is 2.69. The Kier molecular flexibility index (Phi) is 5.11. The van der Waals surface area contributed by atoms with E-state index in [0.717, 1.165) is 22.5 Å². The first kappa shape index (κ1) is 17.8. The molecule has 1 unspecified atom stereocenters. The number of rotatable bonds is 5. The monoisotopic (exact) mass is 354 g/mol. The van der Waals surface area contributed by atoms with E-state index in [1.165, 1.54) is 4.90 Å². The van der Waals surface area contributed by atoms with Crippen molar-refractivity contribution in [3.8, 4) is 5.75 Å². The minimum atomic E-state index is -0.789. The summed E-state index contributed by atoms with van der Waals surface area (Å²) in [5.41, 5.74) is 3.84. The van der Waals surface area contributed by atoms with Crippen molar-refractivity contribution >= 4 is 23.4 Å². The summed E-state index contributed by atoms with van der Waals surface area (Å²) in [6.07, 6.45) is 0.267. The van der Waals surface area contributed by atoms with Crippen LogP contribution in [-0.2, 0) is 4.79 Å². The summed E-state index contributed by atoms with van der Waals surface area (Å²) in [7, 11) is 1.67. The highest BCUT2D eigenvalue weighted by atomic mass is 16.6. The number of carboxylic acids is 1. The van der Waals surface area contributed by atoms with Crippen molar-refractivity contribution in [2.75, 3.05) is 23.8 Å². The fourth-order valence-electron chi connectivity index (χ4n) is 3.05. The van der Waals surface area contributed by atoms with Crippen molar-refractivity contribution in [1.29, 1.82) is 0 Å². The maximum Gasteiger partial charge on any atom is 0.419 e. The third kappa shape index (κ3) is 3.96. The Hall–Kier alpha value is -3.02. The van der Waals surface area contributed by atoms with Gasteiger partial charge in [-0.2, -0.15) is 0 Å². The number of carbonyl (C=O) groups excluding carboxylic acids is 1. The zero-order chi connectivity index (χ0) is 18.7. The van der Waals surface area contributed by atoms with Crippen molar-refractivity contribution in [2.45, 2.75) is 25.7 Å². The van der Waals surface area contributed by atoms with Gasteiger partial charge in [0.2, 0.25) is 0 Å². The molecule has 1 amide bonds. The lowest BCUT2D eigenvalue weighted by atomic mass is 9.96. The number of aliphatic carboxylic acids is 1. The molecule has 1 heterocycles. The molecule has 0 spiro atoms. The molecule has 0 bridgehead atoms. The van der Waals surface area contributed by atoms with Gasteiger partial charge in [0.15, 0.2) is 0 Å². The van der Waals surface area contributed by atoms with Crippen LogP contribution in [0.15, 0.2) is 42.5 Å². The molecule has 136 valence electrons. The van der Waals surface area contributed by atoms with Crippen molar-refractivity contribution in [2.24, 2.45) is 0 Å². The molecule has 6 heteroatoms. The van der Waals surface area contributed by atoms with Gasteiger partial charge in [0.05, 0.1) is 0 Å². The van der Waals surface area contributed by atoms with Crippen LogP contribution in [0.3, 0.4) is 0 Å². The summed E-state index contributed by atoms with van der Waals surface area (Å²) >= 11 is 0. The molecule has 6 nitrogen and oxygen atoms in total. The second-order valence-corrected chi connectivity index (χ2v) is 6.52. The molecular formula is C20H22N2O4. The van der Waals surface area contributed by atoms with E-state index < -0.39 is 12.1 Å². The summed E-state index contributed by atoms with van der Waals surface area (Å²) in [6, 6.07) is 13.1. The van der Waals surface area contributed by atoms with E-state index in [9.17, 15) is 9.59 Å². The van der Waals surface area contributed by atoms with E-state index in [-0.39, 0.29) is 12.3 Å². The predicted molar refractivity (Wildman–Crippen MR) is 100 cm³/mol. The lowest BCUT2D eigenvalue weighted by Crippen LogP contribution is -2.29. The first-order valence-corrected chi connectivity index (χ1v) is 8.56. The van der Waals surface area contributed by atoms with Gasteiger partial charge < -0.3 is 15.2 Å². The van der Waals surface area contributed by atoms with Crippen molar-refractivity contribution in [1.82, 2.24) is 0 Å². The number of anilines is 2. The van der Waals surface area contributed by atoms with E-state index in [0.29, 0.717) is 18.7 Å². The van der Waals surface area contributed by atoms with Crippen LogP contribution < -0.4 is 15.0 Å². The summed E-state index contributed by atoms with van der Waals surface area (Å²) < 4.78 is 5.47. The van der Waals surface area contributed by atoms with Crippen LogP contribution in [0.4, 0.5) is 16.2 Å². The number of carboxylic acid groups (broad SMARTS) is 1. The van der Waals surface area contributed by atoms with E-state index in [1.54, 1.807) is 19.2 Å². The Labute approximate surface area is 152 Å². The number of ether oxygens (including phenoxy) is 1. The Morgan fingerprint density at radius 1 is 1.23 bits per heavy atom. The number of nitrogens with zero attached hydrogens (tertiary/aromatic N) is 1. The van der Waals surface area contributed by atoms with Crippen LogP contribution in [0.25, 0.3) is 0 Å². The number of nitrogens with one attached hydrogen (secondary N) is 1. The van der Waals surface area contributed by atoms with Gasteiger partial charge in [0, 0.05) is 43.4 Å². The van der Waals surface area contributed by atoms with Crippen LogP contribution in [-0.4, -0.2) is 30.8 Å². The lowest BCUT2D eigenvalue weighted by molar-refractivity contribution is -0.137. The third-order valence-electron chi connectivity index (χ3n) is 4.61. The second-order valence-electron chi connectivity index (χ2n) is 6.52. The molecule has 2 aromatic carbocycles. The average molecular weight is 354 g/mol. The Bertz CT molecular complexity index is 817. The molecule has 26 heavy (non-hydrogen) atoms. The molecule has 1 aliphatic heterocycles. The van der Waals surface area contributed by atoms with Gasteiger partial charge in [-0.25, -0.2) is 4.79 Å². The third-order valence-corrected chi connectivity index (χ3v) is 4.61. The number of hydrogen-bond acceptors (Lipinski definition) is 4. The first-order valence-electron chi connectivity index (χ1n) is 8.56. The van der Waals surface area contributed by atoms with Crippen molar-refractivity contribution in [3.63, 3.8) is 0 Å². The molecule has 0 fully saturated rings. The lowest BCUT2D eigenvalue weighted by Gasteiger charge is -2.17. The van der Waals surface area contributed by atoms with Gasteiger partial charge in [-0.1, -0.05) is 23.8 Å². The molecule has 0 aliphatic carbocycles. The van der Waals surface area contributed by atoms with E-state index in [2.05, 4.69) is 5.32 Å². The van der Waals surface area contributed by atoms with Gasteiger partial charge in [-0.3, -0.25) is 9.69 Å². The standard InChI is InChI=1S/C20H22N2O4/c1-13-3-6-15(7-4-13)22(2)20(25)26-16-8-9-17-14(5-10-19(23)24)12-21-18(17)11-16/h3-4,6-9,11,14,21H,5,10,12H2,1-2H3,(H,23,24). The van der Waals surface area contributed by atoms with Gasteiger partial charge in [0.1, 0.15) is 5.75 Å². The smallest absolute Gasteiger partial charge is 0.419 e. The number of carbonyl (C=O) groups is 2. The topological polar surface area (TPSA) is 78.9 Å². The fraction of sp³-hybridized carbons (Fsp3) is 0.300. The summed E-state index contributed by atoms with van der Waals surface area (Å²) in [4.78, 5) is 24.6. The number of aryl methyl sites for hydroxylation is 1. The maximum absolute atomic E-state index is 12.4. The van der Waals surface area contributed by atoms with Crippen molar-refractivity contribution in [3.05, 3.63) is 53.6 Å². The highest BCUT2D eigenvalue weighted by molar-refractivity contribution is 5.88. The molecular weight excluding hydrogens is 332 g/mol. The van der Waals surface area contributed by atoms with Crippen LogP contribution in [0.1, 0.15) is 29.9 Å². The number of hydrogen-bond donors (Lipinski definition) is 2. The largest absolute Gasteiger partial charge is 0.481 e. The van der Waals surface area contributed by atoms with Gasteiger partial charge in [-0.15, -0.1) is 0 Å². The second kappa shape index (κ2) is 7.47. The van der Waals surface area contributed by atoms with E-state index >= 15 is 0 Å². The SMILES string of the molecule is Cc1ccc(N(C)C(=O)Oc2ccc3c(c2)NCC3CCC(=O)O)cc1. The summed E-state index contributed by atoms with van der Waals surface area (Å²) in [5, 5.41) is 12.1. The van der Waals surface area contributed by atoms with E-state index in [4.69, 9.17) is 9.84 Å². The number of amides is 1. The van der Waals surface area contributed by atoms with Gasteiger partial charge >= 0.3 is 12.1 Å². The minimum Gasteiger partial charge on any atom is -0.481 e. The molecule has 0 saturated heterocycles. The Morgan fingerprint density at radius 3 is 2.65 bits per heavy atom. The van der Waals surface area contributed by atoms with Crippen LogP contribution in [0.2, 0.25) is 0 Å². The molecule has 1 aliphatic rings. The summed E-state index contributed by atoms with van der Waals surface area (Å²) in [5.74, 6) is -0.164. The Morgan fingerprint density at radius 2 is 1.96 bits per heavy atom. The van der Waals surface area contributed by atoms with E-state index in [1.807, 2.05) is 37.3 Å². The van der Waals surface area contributed by atoms with Crippen LogP contribution in [0, 0.1) is 6.92 Å². The van der Waals surface area contributed by atoms with Gasteiger partial charge in [0.25, 0.3) is 0 Å². The van der Waals surface area contributed by atoms with Gasteiger partial charge in [-0.05, 0) is 37.1 Å². The Balaban J connectivity index is 1.66. The fourth-order valence-corrected chi connectivity index (χ4v) is 3.05. The molecule has 3 rings (SSSR count). The molecule has 1 atom stereocenters. The molecule has 0 radical (unpaired) electrons. The highest BCUT2D eigenvalue weighted by Gasteiger charge is 2.24. The molecule has 0 aromatic heterocycles. The highest BCUT2D eigenvalue weighted by Crippen LogP contribution is 2.36. The zero-order valence-electron chi connectivity index (χ0n) is 14.9.